The van der Waals surface area contributed by atoms with Gasteiger partial charge < -0.3 is 15.0 Å². The highest BCUT2D eigenvalue weighted by molar-refractivity contribution is 5.58. The molecule has 0 bridgehead atoms. The van der Waals surface area contributed by atoms with Gasteiger partial charge in [-0.3, -0.25) is 0 Å². The Hall–Kier alpha value is -1.22. The van der Waals surface area contributed by atoms with E-state index in [9.17, 15) is 0 Å². The number of rotatable bonds is 4. The summed E-state index contributed by atoms with van der Waals surface area (Å²) in [4.78, 5) is 2.50. The van der Waals surface area contributed by atoms with Crippen LogP contribution in [-0.2, 0) is 0 Å². The molecule has 19 heavy (non-hydrogen) atoms. The third-order valence-corrected chi connectivity index (χ3v) is 4.24. The van der Waals surface area contributed by atoms with Crippen molar-refractivity contribution < 1.29 is 4.74 Å². The molecule has 0 amide bonds. The van der Waals surface area contributed by atoms with E-state index in [0.29, 0.717) is 0 Å². The van der Waals surface area contributed by atoms with Gasteiger partial charge in [-0.2, -0.15) is 0 Å². The first-order valence-corrected chi connectivity index (χ1v) is 7.61. The Bertz CT molecular complexity index is 401. The first-order chi connectivity index (χ1) is 9.43. The van der Waals surface area contributed by atoms with Crippen LogP contribution in [0.5, 0.6) is 5.75 Å². The van der Waals surface area contributed by atoms with Crippen molar-refractivity contribution in [3.05, 3.63) is 24.3 Å². The summed E-state index contributed by atoms with van der Waals surface area (Å²) in [5.41, 5.74) is 1.28. The monoisotopic (exact) mass is 260 g/mol. The molecule has 1 aromatic carbocycles. The molecule has 0 aliphatic carbocycles. The van der Waals surface area contributed by atoms with Gasteiger partial charge >= 0.3 is 0 Å². The molecular formula is C16H24N2O. The molecule has 0 spiro atoms. The standard InChI is InChI=1S/C16H24N2O/c1-2-7-16-15(6-1)18(11-4-12-19-16)10-3-5-14-8-9-17-13-14/h1-2,6-7,14,17H,3-5,8-13H2. The van der Waals surface area contributed by atoms with E-state index >= 15 is 0 Å². The third-order valence-electron chi connectivity index (χ3n) is 4.24. The van der Waals surface area contributed by atoms with Crippen LogP contribution in [0.3, 0.4) is 0 Å². The molecule has 1 atom stereocenters. The zero-order chi connectivity index (χ0) is 12.9. The van der Waals surface area contributed by atoms with Gasteiger partial charge in [0.25, 0.3) is 0 Å². The Morgan fingerprint density at radius 2 is 2.26 bits per heavy atom. The van der Waals surface area contributed by atoms with Gasteiger partial charge in [-0.15, -0.1) is 0 Å². The number of ether oxygens (including phenoxy) is 1. The maximum Gasteiger partial charge on any atom is 0.142 e. The lowest BCUT2D eigenvalue weighted by atomic mass is 10.0. The van der Waals surface area contributed by atoms with Crippen molar-refractivity contribution in [3.8, 4) is 5.75 Å². The molecule has 1 fully saturated rings. The van der Waals surface area contributed by atoms with Crippen LogP contribution >= 0.6 is 0 Å². The normalized spacial score (nSPS) is 22.7. The molecule has 1 unspecified atom stereocenters. The maximum atomic E-state index is 5.81. The molecule has 1 saturated heterocycles. The van der Waals surface area contributed by atoms with Crippen molar-refractivity contribution in [1.29, 1.82) is 0 Å². The van der Waals surface area contributed by atoms with Crippen LogP contribution in [0.15, 0.2) is 24.3 Å². The Labute approximate surface area is 115 Å². The van der Waals surface area contributed by atoms with Gasteiger partial charge in [0.1, 0.15) is 5.75 Å². The minimum atomic E-state index is 0.847. The quantitative estimate of drug-likeness (QED) is 0.901. The van der Waals surface area contributed by atoms with Crippen molar-refractivity contribution in [2.75, 3.05) is 37.7 Å². The number of nitrogens with one attached hydrogen (secondary N) is 1. The minimum absolute atomic E-state index is 0.847. The van der Waals surface area contributed by atoms with Crippen molar-refractivity contribution in [2.45, 2.75) is 25.7 Å². The van der Waals surface area contributed by atoms with E-state index in [1.807, 2.05) is 0 Å². The smallest absolute Gasteiger partial charge is 0.142 e. The van der Waals surface area contributed by atoms with Crippen LogP contribution in [0.25, 0.3) is 0 Å². The lowest BCUT2D eigenvalue weighted by molar-refractivity contribution is 0.322. The summed E-state index contributed by atoms with van der Waals surface area (Å²) in [5.74, 6) is 1.96. The van der Waals surface area contributed by atoms with Gasteiger partial charge in [0, 0.05) is 13.1 Å². The number of fused-ring (bicyclic) bond motifs is 1. The van der Waals surface area contributed by atoms with E-state index in [4.69, 9.17) is 4.74 Å². The Morgan fingerprint density at radius 3 is 3.16 bits per heavy atom. The van der Waals surface area contributed by atoms with Gasteiger partial charge in [-0.25, -0.2) is 0 Å². The summed E-state index contributed by atoms with van der Waals surface area (Å²) in [6.45, 7) is 5.57. The highest BCUT2D eigenvalue weighted by atomic mass is 16.5. The molecule has 1 N–H and O–H groups in total. The van der Waals surface area contributed by atoms with Gasteiger partial charge in [0.05, 0.1) is 12.3 Å². The van der Waals surface area contributed by atoms with Crippen molar-refractivity contribution in [2.24, 2.45) is 5.92 Å². The van der Waals surface area contributed by atoms with E-state index in [1.54, 1.807) is 0 Å². The summed E-state index contributed by atoms with van der Waals surface area (Å²) < 4.78 is 5.81. The first-order valence-electron chi connectivity index (χ1n) is 7.61. The fourth-order valence-electron chi connectivity index (χ4n) is 3.16. The number of anilines is 1. The number of hydrogen-bond donors (Lipinski definition) is 1. The zero-order valence-corrected chi connectivity index (χ0v) is 11.6. The van der Waals surface area contributed by atoms with E-state index in [2.05, 4.69) is 34.5 Å². The average Bonchev–Trinajstić information content (AvgIpc) is 2.87. The van der Waals surface area contributed by atoms with E-state index < -0.39 is 0 Å². The van der Waals surface area contributed by atoms with Crippen LogP contribution < -0.4 is 15.0 Å². The molecule has 2 aliphatic heterocycles. The van der Waals surface area contributed by atoms with Crippen LogP contribution in [-0.4, -0.2) is 32.8 Å². The predicted molar refractivity (Wildman–Crippen MR) is 79.0 cm³/mol. The Kier molecular flexibility index (Phi) is 4.23. The third kappa shape index (κ3) is 3.21. The summed E-state index contributed by atoms with van der Waals surface area (Å²) in [5, 5.41) is 3.45. The molecule has 2 heterocycles. The second kappa shape index (κ2) is 6.29. The fourth-order valence-corrected chi connectivity index (χ4v) is 3.16. The summed E-state index contributed by atoms with van der Waals surface area (Å²) >= 11 is 0. The van der Waals surface area contributed by atoms with Crippen LogP contribution in [0, 0.1) is 5.92 Å². The second-order valence-electron chi connectivity index (χ2n) is 5.66. The molecule has 3 heteroatoms. The maximum absolute atomic E-state index is 5.81. The largest absolute Gasteiger partial charge is 0.491 e. The van der Waals surface area contributed by atoms with Crippen LogP contribution in [0.4, 0.5) is 5.69 Å². The lowest BCUT2D eigenvalue weighted by Crippen LogP contribution is -2.25. The molecule has 2 aliphatic rings. The van der Waals surface area contributed by atoms with Gasteiger partial charge in [0.15, 0.2) is 0 Å². The van der Waals surface area contributed by atoms with E-state index in [0.717, 1.165) is 37.8 Å². The molecule has 0 aromatic heterocycles. The van der Waals surface area contributed by atoms with Crippen molar-refractivity contribution in [3.63, 3.8) is 0 Å². The molecule has 3 nitrogen and oxygen atoms in total. The van der Waals surface area contributed by atoms with Gasteiger partial charge in [0.2, 0.25) is 0 Å². The van der Waals surface area contributed by atoms with E-state index in [-0.39, 0.29) is 0 Å². The van der Waals surface area contributed by atoms with Crippen molar-refractivity contribution >= 4 is 5.69 Å². The summed E-state index contributed by atoms with van der Waals surface area (Å²) in [7, 11) is 0. The SMILES string of the molecule is c1ccc2c(c1)OCCCN2CCCC1CCNC1. The molecule has 0 radical (unpaired) electrons. The number of benzene rings is 1. The Morgan fingerprint density at radius 1 is 1.32 bits per heavy atom. The van der Waals surface area contributed by atoms with Crippen molar-refractivity contribution in [1.82, 2.24) is 5.32 Å². The minimum Gasteiger partial charge on any atom is -0.491 e. The number of nitrogens with zero attached hydrogens (tertiary/aromatic N) is 1. The fraction of sp³-hybridized carbons (Fsp3) is 0.625. The van der Waals surface area contributed by atoms with Crippen LogP contribution in [0.2, 0.25) is 0 Å². The van der Waals surface area contributed by atoms with Crippen LogP contribution in [0.1, 0.15) is 25.7 Å². The summed E-state index contributed by atoms with van der Waals surface area (Å²) in [6.07, 6.45) is 5.13. The topological polar surface area (TPSA) is 24.5 Å². The predicted octanol–water partition coefficient (Wildman–Crippen LogP) is 2.67. The molecular weight excluding hydrogens is 236 g/mol. The Balaban J connectivity index is 1.57. The average molecular weight is 260 g/mol. The number of hydrogen-bond acceptors (Lipinski definition) is 3. The van der Waals surface area contributed by atoms with E-state index in [1.165, 1.54) is 38.0 Å². The molecule has 3 rings (SSSR count). The zero-order valence-electron chi connectivity index (χ0n) is 11.6. The number of para-hydroxylation sites is 2. The highest BCUT2D eigenvalue weighted by Gasteiger charge is 2.17. The molecule has 0 saturated carbocycles. The highest BCUT2D eigenvalue weighted by Crippen LogP contribution is 2.30. The van der Waals surface area contributed by atoms with Gasteiger partial charge in [-0.05, 0) is 56.8 Å². The molecule has 1 aromatic rings. The molecule has 104 valence electrons. The van der Waals surface area contributed by atoms with Gasteiger partial charge in [-0.1, -0.05) is 12.1 Å². The first kappa shape index (κ1) is 12.8. The summed E-state index contributed by atoms with van der Waals surface area (Å²) in [6, 6.07) is 8.46. The lowest BCUT2D eigenvalue weighted by Gasteiger charge is -2.24. The second-order valence-corrected chi connectivity index (χ2v) is 5.66.